The Balaban J connectivity index is 2.32. The summed E-state index contributed by atoms with van der Waals surface area (Å²) in [6, 6.07) is 0. The molecule has 1 N–H and O–H groups in total. The minimum atomic E-state index is -0.172. The Morgan fingerprint density at radius 3 is 2.61 bits per heavy atom. The van der Waals surface area contributed by atoms with Crippen LogP contribution in [0.25, 0.3) is 0 Å². The molecule has 0 fully saturated rings. The molecule has 104 valence electrons. The van der Waals surface area contributed by atoms with Crippen molar-refractivity contribution >= 4 is 0 Å². The van der Waals surface area contributed by atoms with E-state index in [1.165, 1.54) is 0 Å². The number of rotatable bonds is 10. The first-order valence-corrected chi connectivity index (χ1v) is 6.75. The molecule has 0 saturated heterocycles. The number of aryl methyl sites for hydroxylation is 1. The lowest BCUT2D eigenvalue weighted by Gasteiger charge is -2.17. The van der Waals surface area contributed by atoms with Gasteiger partial charge < -0.3 is 19.4 Å². The molecule has 0 aliphatic heterocycles. The number of nitrogens with zero attached hydrogens (tertiary/aromatic N) is 2. The molecule has 0 amide bonds. The molecule has 0 saturated carbocycles. The lowest BCUT2D eigenvalue weighted by Crippen LogP contribution is -2.32. The standard InChI is InChI=1S/C13H25N3O2/c1-4-8-16-9-7-15-12(16)10-14-11-13(17-5-2)18-6-3/h7,9,13-14H,4-6,8,10-11H2,1-3H3. The van der Waals surface area contributed by atoms with Crippen LogP contribution in [0.15, 0.2) is 12.4 Å². The Hall–Kier alpha value is -0.910. The van der Waals surface area contributed by atoms with Gasteiger partial charge in [0.25, 0.3) is 0 Å². The first-order chi connectivity index (χ1) is 8.81. The topological polar surface area (TPSA) is 48.3 Å². The Morgan fingerprint density at radius 2 is 2.00 bits per heavy atom. The van der Waals surface area contributed by atoms with Crippen molar-refractivity contribution in [3.63, 3.8) is 0 Å². The number of hydrogen-bond donors (Lipinski definition) is 1. The zero-order chi connectivity index (χ0) is 13.2. The normalized spacial score (nSPS) is 11.3. The largest absolute Gasteiger partial charge is 0.352 e. The number of nitrogens with one attached hydrogen (secondary N) is 1. The summed E-state index contributed by atoms with van der Waals surface area (Å²) in [4.78, 5) is 4.34. The van der Waals surface area contributed by atoms with Crippen molar-refractivity contribution in [3.05, 3.63) is 18.2 Å². The summed E-state index contributed by atoms with van der Waals surface area (Å²) in [6.45, 7) is 9.87. The molecule has 1 heterocycles. The highest BCUT2D eigenvalue weighted by molar-refractivity contribution is 4.91. The SMILES string of the molecule is CCCn1ccnc1CNCC(OCC)OCC. The predicted molar refractivity (Wildman–Crippen MR) is 71.3 cm³/mol. The van der Waals surface area contributed by atoms with Gasteiger partial charge in [-0.3, -0.25) is 0 Å². The van der Waals surface area contributed by atoms with Crippen molar-refractivity contribution in [1.82, 2.24) is 14.9 Å². The zero-order valence-electron chi connectivity index (χ0n) is 11.7. The van der Waals surface area contributed by atoms with Gasteiger partial charge in [0.2, 0.25) is 0 Å². The van der Waals surface area contributed by atoms with Crippen LogP contribution in [0.4, 0.5) is 0 Å². The average Bonchev–Trinajstić information content (AvgIpc) is 2.78. The lowest BCUT2D eigenvalue weighted by atomic mass is 10.4. The fourth-order valence-electron chi connectivity index (χ4n) is 1.79. The maximum Gasteiger partial charge on any atom is 0.169 e. The van der Waals surface area contributed by atoms with Gasteiger partial charge in [0, 0.05) is 38.7 Å². The number of ether oxygens (including phenoxy) is 2. The van der Waals surface area contributed by atoms with E-state index in [1.54, 1.807) is 0 Å². The highest BCUT2D eigenvalue weighted by Gasteiger charge is 2.08. The molecular formula is C13H25N3O2. The van der Waals surface area contributed by atoms with E-state index in [0.29, 0.717) is 19.8 Å². The van der Waals surface area contributed by atoms with Crippen LogP contribution in [0.5, 0.6) is 0 Å². The summed E-state index contributed by atoms with van der Waals surface area (Å²) in [5.41, 5.74) is 0. The summed E-state index contributed by atoms with van der Waals surface area (Å²) in [6.07, 6.45) is 4.80. The van der Waals surface area contributed by atoms with Crippen molar-refractivity contribution in [1.29, 1.82) is 0 Å². The third-order valence-electron chi connectivity index (χ3n) is 2.57. The zero-order valence-corrected chi connectivity index (χ0v) is 11.7. The van der Waals surface area contributed by atoms with Crippen LogP contribution >= 0.6 is 0 Å². The summed E-state index contributed by atoms with van der Waals surface area (Å²) < 4.78 is 13.1. The van der Waals surface area contributed by atoms with Crippen LogP contribution < -0.4 is 5.32 Å². The molecule has 5 heteroatoms. The molecule has 0 aliphatic rings. The Labute approximate surface area is 109 Å². The molecular weight excluding hydrogens is 230 g/mol. The van der Waals surface area contributed by atoms with Gasteiger partial charge >= 0.3 is 0 Å². The minimum absolute atomic E-state index is 0.172. The van der Waals surface area contributed by atoms with Crippen molar-refractivity contribution in [2.45, 2.75) is 46.6 Å². The molecule has 5 nitrogen and oxygen atoms in total. The summed E-state index contributed by atoms with van der Waals surface area (Å²) in [5, 5.41) is 3.32. The number of hydrogen-bond acceptors (Lipinski definition) is 4. The minimum Gasteiger partial charge on any atom is -0.352 e. The molecule has 0 bridgehead atoms. The van der Waals surface area contributed by atoms with Crippen LogP contribution in [0, 0.1) is 0 Å². The molecule has 0 unspecified atom stereocenters. The summed E-state index contributed by atoms with van der Waals surface area (Å²) in [5.74, 6) is 1.06. The quantitative estimate of drug-likeness (QED) is 0.647. The van der Waals surface area contributed by atoms with Gasteiger partial charge in [-0.25, -0.2) is 4.98 Å². The van der Waals surface area contributed by atoms with Crippen LogP contribution in [0.1, 0.15) is 33.0 Å². The van der Waals surface area contributed by atoms with Gasteiger partial charge in [0.05, 0.1) is 6.54 Å². The fourth-order valence-corrected chi connectivity index (χ4v) is 1.79. The third kappa shape index (κ3) is 5.16. The number of aromatic nitrogens is 2. The van der Waals surface area contributed by atoms with Crippen LogP contribution in [0.3, 0.4) is 0 Å². The third-order valence-corrected chi connectivity index (χ3v) is 2.57. The van der Waals surface area contributed by atoms with Crippen molar-refractivity contribution in [2.75, 3.05) is 19.8 Å². The maximum atomic E-state index is 5.47. The van der Waals surface area contributed by atoms with Crippen LogP contribution in [0.2, 0.25) is 0 Å². The van der Waals surface area contributed by atoms with Gasteiger partial charge in [-0.1, -0.05) is 6.92 Å². The van der Waals surface area contributed by atoms with Crippen molar-refractivity contribution in [3.8, 4) is 0 Å². The van der Waals surface area contributed by atoms with Crippen LogP contribution in [-0.2, 0) is 22.6 Å². The molecule has 1 rings (SSSR count). The van der Waals surface area contributed by atoms with Gasteiger partial charge in [0.1, 0.15) is 5.82 Å². The highest BCUT2D eigenvalue weighted by Crippen LogP contribution is 2.00. The number of imidazole rings is 1. The van der Waals surface area contributed by atoms with Gasteiger partial charge in [-0.15, -0.1) is 0 Å². The van der Waals surface area contributed by atoms with Crippen LogP contribution in [-0.4, -0.2) is 35.6 Å². The van der Waals surface area contributed by atoms with E-state index in [0.717, 1.165) is 25.3 Å². The van der Waals surface area contributed by atoms with E-state index in [4.69, 9.17) is 9.47 Å². The van der Waals surface area contributed by atoms with Gasteiger partial charge in [-0.2, -0.15) is 0 Å². The van der Waals surface area contributed by atoms with Crippen molar-refractivity contribution < 1.29 is 9.47 Å². The molecule has 0 spiro atoms. The summed E-state index contributed by atoms with van der Waals surface area (Å²) in [7, 11) is 0. The molecule has 1 aromatic heterocycles. The van der Waals surface area contributed by atoms with Gasteiger partial charge in [0.15, 0.2) is 6.29 Å². The Bertz CT molecular complexity index is 309. The van der Waals surface area contributed by atoms with E-state index >= 15 is 0 Å². The molecule has 0 radical (unpaired) electrons. The van der Waals surface area contributed by atoms with E-state index in [9.17, 15) is 0 Å². The predicted octanol–water partition coefficient (Wildman–Crippen LogP) is 1.78. The second kappa shape index (κ2) is 9.08. The molecule has 18 heavy (non-hydrogen) atoms. The molecule has 0 atom stereocenters. The second-order valence-corrected chi connectivity index (χ2v) is 4.01. The van der Waals surface area contributed by atoms with E-state index in [-0.39, 0.29) is 6.29 Å². The first-order valence-electron chi connectivity index (χ1n) is 6.75. The molecule has 0 aromatic carbocycles. The van der Waals surface area contributed by atoms with E-state index in [2.05, 4.69) is 21.8 Å². The van der Waals surface area contributed by atoms with Gasteiger partial charge in [-0.05, 0) is 20.3 Å². The summed E-state index contributed by atoms with van der Waals surface area (Å²) >= 11 is 0. The maximum absolute atomic E-state index is 5.47. The average molecular weight is 255 g/mol. The lowest BCUT2D eigenvalue weighted by molar-refractivity contribution is -0.133. The van der Waals surface area contributed by atoms with E-state index < -0.39 is 0 Å². The highest BCUT2D eigenvalue weighted by atomic mass is 16.7. The van der Waals surface area contributed by atoms with Crippen molar-refractivity contribution in [2.24, 2.45) is 0 Å². The molecule has 0 aliphatic carbocycles. The second-order valence-electron chi connectivity index (χ2n) is 4.01. The van der Waals surface area contributed by atoms with E-state index in [1.807, 2.05) is 26.2 Å². The first kappa shape index (κ1) is 15.1. The monoisotopic (exact) mass is 255 g/mol. The smallest absolute Gasteiger partial charge is 0.169 e. The Morgan fingerprint density at radius 1 is 1.28 bits per heavy atom. The Kier molecular flexibility index (Phi) is 7.64. The fraction of sp³-hybridized carbons (Fsp3) is 0.769. The molecule has 1 aromatic rings.